The summed E-state index contributed by atoms with van der Waals surface area (Å²) in [5.74, 6) is 1.62. The summed E-state index contributed by atoms with van der Waals surface area (Å²) >= 11 is 0. The van der Waals surface area contributed by atoms with Crippen LogP contribution in [0.4, 0.5) is 0 Å². The number of rotatable bonds is 4. The summed E-state index contributed by atoms with van der Waals surface area (Å²) in [4.78, 5) is 0. The standard InChI is InChI=1S/C14H22N2O2/c1-9-7-13-14(18-6-5-17-13)8-11(9)12(16)4-3-10(2)15/h7-8,10,12H,3-6,15-16H2,1-2H3. The molecule has 0 aliphatic carbocycles. The van der Waals surface area contributed by atoms with E-state index >= 15 is 0 Å². The predicted molar refractivity (Wildman–Crippen MR) is 72.0 cm³/mol. The number of benzene rings is 1. The minimum Gasteiger partial charge on any atom is -0.486 e. The van der Waals surface area contributed by atoms with E-state index in [1.807, 2.05) is 19.1 Å². The summed E-state index contributed by atoms with van der Waals surface area (Å²) in [5, 5.41) is 0. The van der Waals surface area contributed by atoms with E-state index in [0.29, 0.717) is 13.2 Å². The van der Waals surface area contributed by atoms with E-state index in [0.717, 1.165) is 35.5 Å². The van der Waals surface area contributed by atoms with Gasteiger partial charge in [0.1, 0.15) is 13.2 Å². The van der Waals surface area contributed by atoms with Gasteiger partial charge in [-0.2, -0.15) is 0 Å². The Kier molecular flexibility index (Phi) is 4.09. The normalized spacial score (nSPS) is 17.3. The summed E-state index contributed by atoms with van der Waals surface area (Å²) in [5.41, 5.74) is 14.3. The lowest BCUT2D eigenvalue weighted by Gasteiger charge is -2.22. The maximum atomic E-state index is 6.23. The fraction of sp³-hybridized carbons (Fsp3) is 0.571. The van der Waals surface area contributed by atoms with Crippen molar-refractivity contribution in [1.82, 2.24) is 0 Å². The molecular formula is C14H22N2O2. The van der Waals surface area contributed by atoms with E-state index in [1.165, 1.54) is 0 Å². The van der Waals surface area contributed by atoms with Crippen molar-refractivity contribution in [3.05, 3.63) is 23.3 Å². The van der Waals surface area contributed by atoms with Crippen molar-refractivity contribution in [3.8, 4) is 11.5 Å². The van der Waals surface area contributed by atoms with Crippen molar-refractivity contribution in [2.24, 2.45) is 11.5 Å². The highest BCUT2D eigenvalue weighted by molar-refractivity contribution is 5.48. The minimum atomic E-state index is 0.00632. The number of aryl methyl sites for hydroxylation is 1. The third-order valence-electron chi connectivity index (χ3n) is 3.26. The second-order valence-corrected chi connectivity index (χ2v) is 5.01. The van der Waals surface area contributed by atoms with Crippen molar-refractivity contribution < 1.29 is 9.47 Å². The lowest BCUT2D eigenvalue weighted by Crippen LogP contribution is -2.20. The molecule has 0 fully saturated rings. The molecule has 4 N–H and O–H groups in total. The molecule has 0 bridgehead atoms. The first-order valence-electron chi connectivity index (χ1n) is 6.49. The molecule has 1 aromatic carbocycles. The molecule has 18 heavy (non-hydrogen) atoms. The first-order chi connectivity index (χ1) is 8.58. The predicted octanol–water partition coefficient (Wildman–Crippen LogP) is 1.89. The van der Waals surface area contributed by atoms with Gasteiger partial charge in [0.05, 0.1) is 0 Å². The Hall–Kier alpha value is -1.26. The van der Waals surface area contributed by atoms with E-state index in [1.54, 1.807) is 0 Å². The molecule has 0 aromatic heterocycles. The van der Waals surface area contributed by atoms with E-state index in [2.05, 4.69) is 6.92 Å². The molecule has 1 aliphatic heterocycles. The molecule has 2 atom stereocenters. The largest absolute Gasteiger partial charge is 0.486 e. The van der Waals surface area contributed by atoms with Gasteiger partial charge >= 0.3 is 0 Å². The van der Waals surface area contributed by atoms with Gasteiger partial charge < -0.3 is 20.9 Å². The van der Waals surface area contributed by atoms with Crippen LogP contribution < -0.4 is 20.9 Å². The quantitative estimate of drug-likeness (QED) is 0.856. The Morgan fingerprint density at radius 1 is 1.11 bits per heavy atom. The molecule has 0 radical (unpaired) electrons. The average Bonchev–Trinajstić information content (AvgIpc) is 2.35. The summed E-state index contributed by atoms with van der Waals surface area (Å²) in [7, 11) is 0. The van der Waals surface area contributed by atoms with E-state index in [-0.39, 0.29) is 12.1 Å². The fourth-order valence-electron chi connectivity index (χ4n) is 2.20. The second-order valence-electron chi connectivity index (χ2n) is 5.01. The smallest absolute Gasteiger partial charge is 0.161 e. The summed E-state index contributed by atoms with van der Waals surface area (Å²) in [6.07, 6.45) is 1.81. The number of hydrogen-bond acceptors (Lipinski definition) is 4. The molecule has 1 aromatic rings. The van der Waals surface area contributed by atoms with Crippen LogP contribution in [0.3, 0.4) is 0 Å². The van der Waals surface area contributed by atoms with Crippen LogP contribution in [0.5, 0.6) is 11.5 Å². The minimum absolute atomic E-state index is 0.00632. The number of fused-ring (bicyclic) bond motifs is 1. The van der Waals surface area contributed by atoms with Crippen molar-refractivity contribution >= 4 is 0 Å². The molecule has 1 heterocycles. The van der Waals surface area contributed by atoms with E-state index in [4.69, 9.17) is 20.9 Å². The molecule has 1 aliphatic rings. The monoisotopic (exact) mass is 250 g/mol. The van der Waals surface area contributed by atoms with Crippen LogP contribution in [-0.4, -0.2) is 19.3 Å². The van der Waals surface area contributed by atoms with Gasteiger partial charge in [-0.25, -0.2) is 0 Å². The number of nitrogens with two attached hydrogens (primary N) is 2. The first-order valence-corrected chi connectivity index (χ1v) is 6.49. The Bertz CT molecular complexity index is 419. The SMILES string of the molecule is Cc1cc2c(cc1C(N)CCC(C)N)OCCO2. The van der Waals surface area contributed by atoms with Gasteiger partial charge in [0.2, 0.25) is 0 Å². The van der Waals surface area contributed by atoms with Gasteiger partial charge in [-0.15, -0.1) is 0 Å². The number of hydrogen-bond donors (Lipinski definition) is 2. The van der Waals surface area contributed by atoms with Crippen LogP contribution >= 0.6 is 0 Å². The second kappa shape index (κ2) is 5.59. The van der Waals surface area contributed by atoms with Gasteiger partial charge in [-0.05, 0) is 49.9 Å². The highest BCUT2D eigenvalue weighted by Gasteiger charge is 2.17. The third kappa shape index (κ3) is 2.94. The van der Waals surface area contributed by atoms with E-state index in [9.17, 15) is 0 Å². The van der Waals surface area contributed by atoms with Crippen LogP contribution in [0.1, 0.15) is 36.9 Å². The zero-order valence-corrected chi connectivity index (χ0v) is 11.1. The Morgan fingerprint density at radius 2 is 1.72 bits per heavy atom. The van der Waals surface area contributed by atoms with Crippen LogP contribution in [0, 0.1) is 6.92 Å². The van der Waals surface area contributed by atoms with Crippen molar-refractivity contribution in [2.75, 3.05) is 13.2 Å². The molecule has 4 heteroatoms. The maximum absolute atomic E-state index is 6.23. The molecule has 100 valence electrons. The van der Waals surface area contributed by atoms with Crippen molar-refractivity contribution in [3.63, 3.8) is 0 Å². The number of ether oxygens (including phenoxy) is 2. The first kappa shape index (κ1) is 13.2. The average molecular weight is 250 g/mol. The molecule has 4 nitrogen and oxygen atoms in total. The van der Waals surface area contributed by atoms with Crippen LogP contribution in [0.15, 0.2) is 12.1 Å². The van der Waals surface area contributed by atoms with Crippen molar-refractivity contribution in [2.45, 2.75) is 38.8 Å². The Labute approximate surface area is 108 Å². The zero-order chi connectivity index (χ0) is 13.1. The van der Waals surface area contributed by atoms with Crippen molar-refractivity contribution in [1.29, 1.82) is 0 Å². The zero-order valence-electron chi connectivity index (χ0n) is 11.1. The molecule has 0 spiro atoms. The van der Waals surface area contributed by atoms with Gasteiger partial charge in [0.25, 0.3) is 0 Å². The molecule has 0 amide bonds. The molecule has 0 saturated heterocycles. The Morgan fingerprint density at radius 3 is 2.33 bits per heavy atom. The topological polar surface area (TPSA) is 70.5 Å². The summed E-state index contributed by atoms with van der Waals surface area (Å²) < 4.78 is 11.1. The molecule has 2 unspecified atom stereocenters. The third-order valence-corrected chi connectivity index (χ3v) is 3.26. The summed E-state index contributed by atoms with van der Waals surface area (Å²) in [6.45, 7) is 5.27. The molecule has 0 saturated carbocycles. The van der Waals surface area contributed by atoms with E-state index < -0.39 is 0 Å². The molecule has 2 rings (SSSR count). The highest BCUT2D eigenvalue weighted by Crippen LogP contribution is 2.35. The fourth-order valence-corrected chi connectivity index (χ4v) is 2.20. The van der Waals surface area contributed by atoms with Crippen LogP contribution in [-0.2, 0) is 0 Å². The molecular weight excluding hydrogens is 228 g/mol. The lowest BCUT2D eigenvalue weighted by atomic mass is 9.96. The maximum Gasteiger partial charge on any atom is 0.161 e. The van der Waals surface area contributed by atoms with Gasteiger partial charge in [-0.3, -0.25) is 0 Å². The van der Waals surface area contributed by atoms with Gasteiger partial charge in [0, 0.05) is 12.1 Å². The Balaban J connectivity index is 2.17. The van der Waals surface area contributed by atoms with Gasteiger partial charge in [0.15, 0.2) is 11.5 Å². The van der Waals surface area contributed by atoms with Gasteiger partial charge in [-0.1, -0.05) is 0 Å². The summed E-state index contributed by atoms with van der Waals surface area (Å²) in [6, 6.07) is 4.21. The lowest BCUT2D eigenvalue weighted by molar-refractivity contribution is 0.171. The van der Waals surface area contributed by atoms with Crippen LogP contribution in [0.25, 0.3) is 0 Å². The van der Waals surface area contributed by atoms with Crippen LogP contribution in [0.2, 0.25) is 0 Å². The highest BCUT2D eigenvalue weighted by atomic mass is 16.6.